The van der Waals surface area contributed by atoms with E-state index in [9.17, 15) is 8.42 Å². The quantitative estimate of drug-likeness (QED) is 0.789. The molecule has 0 spiro atoms. The first kappa shape index (κ1) is 15.9. The first-order valence-electron chi connectivity index (χ1n) is 5.85. The van der Waals surface area contributed by atoms with Gasteiger partial charge in [0, 0.05) is 10.7 Å². The smallest absolute Gasteiger partial charge is 0.264 e. The Bertz CT molecular complexity index is 807. The molecule has 8 heteroatoms. The van der Waals surface area contributed by atoms with E-state index >= 15 is 0 Å². The number of pyridine rings is 1. The zero-order chi connectivity index (χ0) is 15.6. The molecule has 3 N–H and O–H groups in total. The number of aryl methyl sites for hydroxylation is 1. The van der Waals surface area contributed by atoms with Crippen molar-refractivity contribution in [3.05, 3.63) is 52.3 Å². The van der Waals surface area contributed by atoms with E-state index in [1.165, 1.54) is 18.3 Å². The van der Waals surface area contributed by atoms with Crippen molar-refractivity contribution in [3.63, 3.8) is 0 Å². The highest BCUT2D eigenvalue weighted by Crippen LogP contribution is 2.26. The highest BCUT2D eigenvalue weighted by molar-refractivity contribution is 9.10. The number of rotatable bonds is 4. The van der Waals surface area contributed by atoms with E-state index in [1.54, 1.807) is 12.1 Å². The van der Waals surface area contributed by atoms with Gasteiger partial charge in [-0.3, -0.25) is 9.71 Å². The van der Waals surface area contributed by atoms with Crippen molar-refractivity contribution >= 4 is 48.8 Å². The van der Waals surface area contributed by atoms with Gasteiger partial charge in [-0.1, -0.05) is 18.3 Å². The topological polar surface area (TPSA) is 85.1 Å². The second-order valence-electron chi connectivity index (χ2n) is 4.30. The molecule has 0 aliphatic rings. The van der Waals surface area contributed by atoms with Gasteiger partial charge in [-0.2, -0.15) is 0 Å². The molecule has 110 valence electrons. The van der Waals surface area contributed by atoms with Crippen LogP contribution in [0.4, 0.5) is 5.69 Å². The summed E-state index contributed by atoms with van der Waals surface area (Å²) in [5.41, 5.74) is 6.96. The molecule has 0 fully saturated rings. The first-order chi connectivity index (χ1) is 9.81. The molecule has 1 aromatic heterocycles. The van der Waals surface area contributed by atoms with Gasteiger partial charge in [0.1, 0.15) is 15.6 Å². The molecule has 0 saturated carbocycles. The maximum absolute atomic E-state index is 12.5. The van der Waals surface area contributed by atoms with Crippen molar-refractivity contribution in [1.82, 2.24) is 4.98 Å². The molecular formula is C13H12BrN3O2S2. The Balaban J connectivity index is 2.49. The van der Waals surface area contributed by atoms with Gasteiger partial charge in [0.25, 0.3) is 10.0 Å². The van der Waals surface area contributed by atoms with Crippen LogP contribution in [0.5, 0.6) is 0 Å². The van der Waals surface area contributed by atoms with Crippen molar-refractivity contribution < 1.29 is 8.42 Å². The predicted molar refractivity (Wildman–Crippen MR) is 89.8 cm³/mol. The van der Waals surface area contributed by atoms with E-state index in [0.29, 0.717) is 10.2 Å². The minimum atomic E-state index is -3.84. The third-order valence-corrected chi connectivity index (χ3v) is 4.94. The van der Waals surface area contributed by atoms with Gasteiger partial charge in [-0.15, -0.1) is 0 Å². The molecule has 1 heterocycles. The maximum Gasteiger partial charge on any atom is 0.264 e. The van der Waals surface area contributed by atoms with Crippen molar-refractivity contribution in [1.29, 1.82) is 0 Å². The van der Waals surface area contributed by atoms with E-state index in [4.69, 9.17) is 18.0 Å². The summed E-state index contributed by atoms with van der Waals surface area (Å²) < 4.78 is 28.2. The number of aromatic nitrogens is 1. The van der Waals surface area contributed by atoms with Gasteiger partial charge in [-0.05, 0) is 52.7 Å². The number of benzene rings is 1. The third kappa shape index (κ3) is 3.58. The molecule has 0 radical (unpaired) electrons. The molecule has 2 rings (SSSR count). The van der Waals surface area contributed by atoms with Crippen LogP contribution in [0.2, 0.25) is 0 Å². The van der Waals surface area contributed by atoms with Crippen LogP contribution in [0.25, 0.3) is 0 Å². The molecule has 5 nitrogen and oxygen atoms in total. The number of hydrogen-bond donors (Lipinski definition) is 2. The van der Waals surface area contributed by atoms with Crippen molar-refractivity contribution in [2.45, 2.75) is 11.8 Å². The fourth-order valence-electron chi connectivity index (χ4n) is 1.71. The number of hydrogen-bond acceptors (Lipinski definition) is 4. The van der Waals surface area contributed by atoms with E-state index < -0.39 is 10.0 Å². The summed E-state index contributed by atoms with van der Waals surface area (Å²) >= 11 is 8.15. The maximum atomic E-state index is 12.5. The molecule has 0 atom stereocenters. The SMILES string of the molecule is Cc1ccc(Br)c(NS(=O)(=O)c2cccnc2C(N)=S)c1. The minimum absolute atomic E-state index is 0.0501. The monoisotopic (exact) mass is 385 g/mol. The van der Waals surface area contributed by atoms with Crippen LogP contribution in [0.1, 0.15) is 11.3 Å². The zero-order valence-electron chi connectivity index (χ0n) is 11.0. The highest BCUT2D eigenvalue weighted by Gasteiger charge is 2.21. The average Bonchev–Trinajstić information content (AvgIpc) is 2.42. The fraction of sp³-hybridized carbons (Fsp3) is 0.0769. The Hall–Kier alpha value is -1.51. The Morgan fingerprint density at radius 2 is 2.10 bits per heavy atom. The minimum Gasteiger partial charge on any atom is -0.388 e. The summed E-state index contributed by atoms with van der Waals surface area (Å²) in [5.74, 6) is 0. The van der Waals surface area contributed by atoms with Crippen LogP contribution in [0, 0.1) is 6.92 Å². The Morgan fingerprint density at radius 3 is 2.76 bits per heavy atom. The summed E-state index contributed by atoms with van der Waals surface area (Å²) in [4.78, 5) is 3.81. The normalized spacial score (nSPS) is 11.1. The summed E-state index contributed by atoms with van der Waals surface area (Å²) in [6.45, 7) is 1.87. The van der Waals surface area contributed by atoms with Gasteiger partial charge >= 0.3 is 0 Å². The lowest BCUT2D eigenvalue weighted by molar-refractivity contribution is 0.600. The number of nitrogens with two attached hydrogens (primary N) is 1. The summed E-state index contributed by atoms with van der Waals surface area (Å²) in [6, 6.07) is 8.28. The van der Waals surface area contributed by atoms with Crippen LogP contribution in [-0.4, -0.2) is 18.4 Å². The Labute approximate surface area is 136 Å². The van der Waals surface area contributed by atoms with Gasteiger partial charge in [-0.25, -0.2) is 8.42 Å². The van der Waals surface area contributed by atoms with E-state index in [2.05, 4.69) is 25.6 Å². The van der Waals surface area contributed by atoms with Gasteiger partial charge in [0.15, 0.2) is 0 Å². The molecule has 2 aromatic rings. The molecule has 0 unspecified atom stereocenters. The standard InChI is InChI=1S/C13H12BrN3O2S2/c1-8-4-5-9(14)10(7-8)17-21(18,19)11-3-2-6-16-12(11)13(15)20/h2-7,17H,1H3,(H2,15,20). The molecular weight excluding hydrogens is 374 g/mol. The Morgan fingerprint density at radius 1 is 1.38 bits per heavy atom. The fourth-order valence-corrected chi connectivity index (χ4v) is 3.66. The molecule has 0 saturated heterocycles. The largest absolute Gasteiger partial charge is 0.388 e. The summed E-state index contributed by atoms with van der Waals surface area (Å²) in [5, 5.41) is 0. The Kier molecular flexibility index (Phi) is 4.60. The lowest BCUT2D eigenvalue weighted by Crippen LogP contribution is -2.21. The van der Waals surface area contributed by atoms with E-state index in [-0.39, 0.29) is 15.6 Å². The van der Waals surface area contributed by atoms with Gasteiger partial charge in [0.05, 0.1) is 5.69 Å². The predicted octanol–water partition coefficient (Wildman–Crippen LogP) is 2.59. The second-order valence-corrected chi connectivity index (χ2v) is 7.25. The van der Waals surface area contributed by atoms with Crippen LogP contribution in [0.3, 0.4) is 0 Å². The average molecular weight is 386 g/mol. The molecule has 1 aromatic carbocycles. The number of anilines is 1. The van der Waals surface area contributed by atoms with Gasteiger partial charge in [0.2, 0.25) is 0 Å². The second kappa shape index (κ2) is 6.08. The number of halogens is 1. The number of sulfonamides is 1. The van der Waals surface area contributed by atoms with Gasteiger partial charge < -0.3 is 5.73 Å². The lowest BCUT2D eigenvalue weighted by Gasteiger charge is -2.12. The first-order valence-corrected chi connectivity index (χ1v) is 8.53. The molecule has 0 aliphatic heterocycles. The lowest BCUT2D eigenvalue weighted by atomic mass is 10.2. The van der Waals surface area contributed by atoms with Crippen molar-refractivity contribution in [3.8, 4) is 0 Å². The summed E-state index contributed by atoms with van der Waals surface area (Å²) in [7, 11) is -3.84. The molecule has 0 amide bonds. The molecule has 21 heavy (non-hydrogen) atoms. The number of nitrogens with one attached hydrogen (secondary N) is 1. The molecule has 0 bridgehead atoms. The van der Waals surface area contributed by atoms with Crippen LogP contribution in [-0.2, 0) is 10.0 Å². The summed E-state index contributed by atoms with van der Waals surface area (Å²) in [6.07, 6.45) is 1.44. The van der Waals surface area contributed by atoms with Crippen molar-refractivity contribution in [2.24, 2.45) is 5.73 Å². The number of nitrogens with zero attached hydrogens (tertiary/aromatic N) is 1. The van der Waals surface area contributed by atoms with Crippen LogP contribution < -0.4 is 10.5 Å². The highest BCUT2D eigenvalue weighted by atomic mass is 79.9. The molecule has 0 aliphatic carbocycles. The number of thiocarbonyl (C=S) groups is 1. The van der Waals surface area contributed by atoms with Crippen LogP contribution >= 0.6 is 28.1 Å². The van der Waals surface area contributed by atoms with Crippen molar-refractivity contribution in [2.75, 3.05) is 4.72 Å². The third-order valence-electron chi connectivity index (χ3n) is 2.66. The van der Waals surface area contributed by atoms with E-state index in [0.717, 1.165) is 5.56 Å². The van der Waals surface area contributed by atoms with E-state index in [1.807, 2.05) is 13.0 Å². The van der Waals surface area contributed by atoms with Crippen LogP contribution in [0.15, 0.2) is 45.9 Å². The zero-order valence-corrected chi connectivity index (χ0v) is 14.2.